The second-order valence-electron chi connectivity index (χ2n) is 8.12. The summed E-state index contributed by atoms with van der Waals surface area (Å²) in [6, 6.07) is 30.4. The Hall–Kier alpha value is -3.57. The van der Waals surface area contributed by atoms with E-state index >= 15 is 0 Å². The Kier molecular flexibility index (Phi) is 7.10. The van der Waals surface area contributed by atoms with E-state index in [2.05, 4.69) is 10.6 Å². The summed E-state index contributed by atoms with van der Waals surface area (Å²) >= 11 is 1.59. The van der Waals surface area contributed by atoms with Crippen molar-refractivity contribution in [2.75, 3.05) is 5.32 Å². The summed E-state index contributed by atoms with van der Waals surface area (Å²) in [5, 5.41) is 7.84. The molecule has 0 saturated carbocycles. The molecule has 33 heavy (non-hydrogen) atoms. The number of benzene rings is 4. The molecule has 166 valence electrons. The molecule has 5 heteroatoms. The van der Waals surface area contributed by atoms with Gasteiger partial charge in [-0.1, -0.05) is 92.3 Å². The topological polar surface area (TPSA) is 58.2 Å². The number of para-hydroxylation sites is 1. The fourth-order valence-corrected chi connectivity index (χ4v) is 4.59. The van der Waals surface area contributed by atoms with Crippen LogP contribution in [0, 0.1) is 5.92 Å². The van der Waals surface area contributed by atoms with E-state index in [0.717, 1.165) is 26.3 Å². The number of rotatable bonds is 7. The Morgan fingerprint density at radius 1 is 0.758 bits per heavy atom. The zero-order valence-corrected chi connectivity index (χ0v) is 19.4. The van der Waals surface area contributed by atoms with Crippen LogP contribution >= 0.6 is 11.8 Å². The average molecular weight is 455 g/mol. The predicted octanol–water partition coefficient (Wildman–Crippen LogP) is 6.38. The highest BCUT2D eigenvalue weighted by Crippen LogP contribution is 2.33. The quantitative estimate of drug-likeness (QED) is 0.340. The van der Waals surface area contributed by atoms with E-state index in [1.165, 1.54) is 0 Å². The molecular weight excluding hydrogens is 428 g/mol. The lowest BCUT2D eigenvalue weighted by Crippen LogP contribution is -2.47. The van der Waals surface area contributed by atoms with Crippen LogP contribution in [0.3, 0.4) is 0 Å². The lowest BCUT2D eigenvalue weighted by atomic mass is 10.0. The van der Waals surface area contributed by atoms with Crippen molar-refractivity contribution in [3.63, 3.8) is 0 Å². The highest BCUT2D eigenvalue weighted by atomic mass is 32.2. The third-order valence-electron chi connectivity index (χ3n) is 5.39. The van der Waals surface area contributed by atoms with Gasteiger partial charge in [-0.05, 0) is 47.0 Å². The van der Waals surface area contributed by atoms with Crippen molar-refractivity contribution in [1.82, 2.24) is 5.32 Å². The van der Waals surface area contributed by atoms with Gasteiger partial charge in [-0.2, -0.15) is 0 Å². The average Bonchev–Trinajstić information content (AvgIpc) is 2.83. The Bertz CT molecular complexity index is 1270. The molecular formula is C28H26N2O2S. The van der Waals surface area contributed by atoms with Crippen LogP contribution in [-0.4, -0.2) is 17.9 Å². The van der Waals surface area contributed by atoms with Gasteiger partial charge in [0.05, 0.1) is 5.69 Å². The molecule has 0 radical (unpaired) electrons. The lowest BCUT2D eigenvalue weighted by molar-refractivity contribution is -0.118. The lowest BCUT2D eigenvalue weighted by Gasteiger charge is -2.23. The van der Waals surface area contributed by atoms with Gasteiger partial charge in [-0.3, -0.25) is 9.59 Å². The Balaban J connectivity index is 1.53. The smallest absolute Gasteiger partial charge is 0.252 e. The molecule has 4 nitrogen and oxygen atoms in total. The first-order valence-corrected chi connectivity index (χ1v) is 11.8. The van der Waals surface area contributed by atoms with Crippen LogP contribution in [0.15, 0.2) is 107 Å². The monoisotopic (exact) mass is 454 g/mol. The van der Waals surface area contributed by atoms with Crippen molar-refractivity contribution >= 4 is 40.0 Å². The SMILES string of the molecule is CC(C)C(NC(=O)c1cccc2ccccc12)C(=O)Nc1ccccc1Sc1ccccc1. The van der Waals surface area contributed by atoms with E-state index in [-0.39, 0.29) is 17.7 Å². The van der Waals surface area contributed by atoms with E-state index in [9.17, 15) is 9.59 Å². The van der Waals surface area contributed by atoms with Crippen molar-refractivity contribution < 1.29 is 9.59 Å². The number of fused-ring (bicyclic) bond motifs is 1. The van der Waals surface area contributed by atoms with E-state index in [0.29, 0.717) is 5.56 Å². The summed E-state index contributed by atoms with van der Waals surface area (Å²) in [4.78, 5) is 28.4. The zero-order chi connectivity index (χ0) is 23.2. The van der Waals surface area contributed by atoms with Gasteiger partial charge in [-0.15, -0.1) is 0 Å². The minimum atomic E-state index is -0.675. The summed E-state index contributed by atoms with van der Waals surface area (Å²) < 4.78 is 0. The van der Waals surface area contributed by atoms with E-state index in [1.807, 2.05) is 105 Å². The summed E-state index contributed by atoms with van der Waals surface area (Å²) in [6.45, 7) is 3.86. The van der Waals surface area contributed by atoms with Crippen molar-refractivity contribution in [3.8, 4) is 0 Å². The van der Waals surface area contributed by atoms with Gasteiger partial charge in [0, 0.05) is 15.4 Å². The molecule has 1 atom stereocenters. The van der Waals surface area contributed by atoms with Crippen molar-refractivity contribution in [3.05, 3.63) is 103 Å². The summed E-state index contributed by atoms with van der Waals surface area (Å²) in [5.74, 6) is -0.579. The van der Waals surface area contributed by atoms with Gasteiger partial charge in [0.15, 0.2) is 0 Å². The zero-order valence-electron chi connectivity index (χ0n) is 18.6. The van der Waals surface area contributed by atoms with E-state index in [1.54, 1.807) is 17.8 Å². The van der Waals surface area contributed by atoms with Crippen LogP contribution in [0.2, 0.25) is 0 Å². The van der Waals surface area contributed by atoms with Crippen LogP contribution < -0.4 is 10.6 Å². The molecule has 0 aliphatic heterocycles. The molecule has 0 aliphatic carbocycles. The number of nitrogens with one attached hydrogen (secondary N) is 2. The van der Waals surface area contributed by atoms with Crippen molar-refractivity contribution in [2.24, 2.45) is 5.92 Å². The van der Waals surface area contributed by atoms with Crippen LogP contribution in [0.4, 0.5) is 5.69 Å². The van der Waals surface area contributed by atoms with Gasteiger partial charge in [0.2, 0.25) is 5.91 Å². The molecule has 2 N–H and O–H groups in total. The van der Waals surface area contributed by atoms with E-state index < -0.39 is 6.04 Å². The summed E-state index contributed by atoms with van der Waals surface area (Å²) in [7, 11) is 0. The highest BCUT2D eigenvalue weighted by molar-refractivity contribution is 7.99. The van der Waals surface area contributed by atoms with Gasteiger partial charge in [-0.25, -0.2) is 0 Å². The first kappa shape index (κ1) is 22.6. The summed E-state index contributed by atoms with van der Waals surface area (Å²) in [5.41, 5.74) is 1.29. The molecule has 0 aromatic heterocycles. The van der Waals surface area contributed by atoms with Gasteiger partial charge < -0.3 is 10.6 Å². The predicted molar refractivity (Wildman–Crippen MR) is 136 cm³/mol. The molecule has 0 bridgehead atoms. The maximum Gasteiger partial charge on any atom is 0.252 e. The third kappa shape index (κ3) is 5.44. The number of hydrogen-bond acceptors (Lipinski definition) is 3. The van der Waals surface area contributed by atoms with Gasteiger partial charge in [0.1, 0.15) is 6.04 Å². The largest absolute Gasteiger partial charge is 0.340 e. The fraction of sp³-hybridized carbons (Fsp3) is 0.143. The normalized spacial score (nSPS) is 11.8. The summed E-state index contributed by atoms with van der Waals surface area (Å²) in [6.07, 6.45) is 0. The van der Waals surface area contributed by atoms with Gasteiger partial charge in [0.25, 0.3) is 5.91 Å². The number of amides is 2. The number of anilines is 1. The van der Waals surface area contributed by atoms with Crippen molar-refractivity contribution in [2.45, 2.75) is 29.7 Å². The molecule has 1 unspecified atom stereocenters. The number of carbonyl (C=O) groups is 2. The number of carbonyl (C=O) groups excluding carboxylic acids is 2. The number of hydrogen-bond donors (Lipinski definition) is 2. The van der Waals surface area contributed by atoms with Gasteiger partial charge >= 0.3 is 0 Å². The molecule has 4 aromatic rings. The molecule has 0 aliphatic rings. The molecule has 0 heterocycles. The first-order chi connectivity index (χ1) is 16.0. The first-order valence-electron chi connectivity index (χ1n) is 10.9. The van der Waals surface area contributed by atoms with E-state index in [4.69, 9.17) is 0 Å². The van der Waals surface area contributed by atoms with Crippen LogP contribution in [-0.2, 0) is 4.79 Å². The second kappa shape index (κ2) is 10.4. The van der Waals surface area contributed by atoms with Crippen molar-refractivity contribution in [1.29, 1.82) is 0 Å². The Morgan fingerprint density at radius 3 is 2.21 bits per heavy atom. The van der Waals surface area contributed by atoms with Crippen LogP contribution in [0.25, 0.3) is 10.8 Å². The third-order valence-corrected chi connectivity index (χ3v) is 6.47. The fourth-order valence-electron chi connectivity index (χ4n) is 3.66. The molecule has 2 amide bonds. The molecule has 4 aromatic carbocycles. The molecule has 0 fully saturated rings. The molecule has 4 rings (SSSR count). The maximum atomic E-state index is 13.3. The molecule has 0 spiro atoms. The Morgan fingerprint density at radius 2 is 1.42 bits per heavy atom. The minimum Gasteiger partial charge on any atom is -0.340 e. The van der Waals surface area contributed by atoms with Crippen LogP contribution in [0.5, 0.6) is 0 Å². The maximum absolute atomic E-state index is 13.3. The second-order valence-corrected chi connectivity index (χ2v) is 9.24. The highest BCUT2D eigenvalue weighted by Gasteiger charge is 2.26. The van der Waals surface area contributed by atoms with Crippen LogP contribution in [0.1, 0.15) is 24.2 Å². The Labute approximate surface area is 198 Å². The molecule has 0 saturated heterocycles. The standard InChI is InChI=1S/C28H26N2O2S/c1-19(2)26(30-27(31)23-16-10-12-20-11-6-7-15-22(20)23)28(32)29-24-17-8-9-18-25(24)33-21-13-4-3-5-14-21/h3-19,26H,1-2H3,(H,29,32)(H,30,31). The minimum absolute atomic E-state index is 0.0853.